The molecule has 172 valence electrons. The van der Waals surface area contributed by atoms with E-state index < -0.39 is 0 Å². The molecular formula is C26H30N4O3. The molecule has 0 saturated carbocycles. The van der Waals surface area contributed by atoms with Crippen LogP contribution in [0.5, 0.6) is 17.4 Å². The van der Waals surface area contributed by atoms with Crippen LogP contribution in [0.2, 0.25) is 0 Å². The van der Waals surface area contributed by atoms with E-state index >= 15 is 0 Å². The molecule has 7 heteroatoms. The number of anilines is 1. The molecule has 2 heterocycles. The summed E-state index contributed by atoms with van der Waals surface area (Å²) in [4.78, 5) is 26.0. The van der Waals surface area contributed by atoms with Crippen molar-refractivity contribution in [3.8, 4) is 17.4 Å². The quantitative estimate of drug-likeness (QED) is 0.467. The smallest absolute Gasteiger partial charge is 0.253 e. The number of aromatic nitrogens is 2. The van der Waals surface area contributed by atoms with Crippen LogP contribution in [0.1, 0.15) is 35.9 Å². The Morgan fingerprint density at radius 2 is 1.67 bits per heavy atom. The first-order chi connectivity index (χ1) is 16.1. The first-order valence-electron chi connectivity index (χ1n) is 11.5. The van der Waals surface area contributed by atoms with Crippen LogP contribution in [0.25, 0.3) is 0 Å². The van der Waals surface area contributed by atoms with Gasteiger partial charge in [-0.2, -0.15) is 4.98 Å². The molecule has 2 aromatic carbocycles. The van der Waals surface area contributed by atoms with Gasteiger partial charge in [-0.25, -0.2) is 4.98 Å². The Morgan fingerprint density at radius 1 is 0.939 bits per heavy atom. The highest BCUT2D eigenvalue weighted by Crippen LogP contribution is 2.24. The highest BCUT2D eigenvalue weighted by atomic mass is 16.5. The third-order valence-corrected chi connectivity index (χ3v) is 5.53. The van der Waals surface area contributed by atoms with E-state index in [1.54, 1.807) is 0 Å². The number of hydrogen-bond donors (Lipinski definition) is 0. The van der Waals surface area contributed by atoms with E-state index in [2.05, 4.69) is 21.8 Å². The number of ether oxygens (including phenoxy) is 2. The topological polar surface area (TPSA) is 67.8 Å². The van der Waals surface area contributed by atoms with Gasteiger partial charge in [0.05, 0.1) is 6.61 Å². The summed E-state index contributed by atoms with van der Waals surface area (Å²) in [6.07, 6.45) is 2.12. The molecular weight excluding hydrogens is 416 g/mol. The number of hydrogen-bond acceptors (Lipinski definition) is 6. The first-order valence-corrected chi connectivity index (χ1v) is 11.5. The summed E-state index contributed by atoms with van der Waals surface area (Å²) < 4.78 is 11.6. The number of piperazine rings is 1. The second-order valence-electron chi connectivity index (χ2n) is 8.03. The maximum absolute atomic E-state index is 12.9. The predicted octanol–water partition coefficient (Wildman–Crippen LogP) is 4.72. The molecule has 3 aromatic rings. The minimum atomic E-state index is 0.0433. The van der Waals surface area contributed by atoms with Crippen molar-refractivity contribution in [3.63, 3.8) is 0 Å². The van der Waals surface area contributed by atoms with E-state index in [4.69, 9.17) is 9.47 Å². The lowest BCUT2D eigenvalue weighted by Gasteiger charge is -2.35. The zero-order chi connectivity index (χ0) is 23.0. The number of rotatable bonds is 8. The Bertz CT molecular complexity index is 1050. The molecule has 1 amide bonds. The van der Waals surface area contributed by atoms with Gasteiger partial charge in [-0.15, -0.1) is 0 Å². The molecule has 0 atom stereocenters. The molecule has 33 heavy (non-hydrogen) atoms. The Hall–Kier alpha value is -3.61. The van der Waals surface area contributed by atoms with Crippen LogP contribution in [-0.4, -0.2) is 53.6 Å². The van der Waals surface area contributed by atoms with Crippen LogP contribution in [0, 0.1) is 6.92 Å². The van der Waals surface area contributed by atoms with Crippen molar-refractivity contribution >= 4 is 11.7 Å². The van der Waals surface area contributed by atoms with Crippen molar-refractivity contribution in [1.29, 1.82) is 0 Å². The summed E-state index contributed by atoms with van der Waals surface area (Å²) in [5.41, 5.74) is 0.683. The molecule has 0 aliphatic carbocycles. The number of unbranched alkanes of at least 4 members (excludes halogenated alkanes) is 1. The van der Waals surface area contributed by atoms with Crippen LogP contribution >= 0.6 is 0 Å². The normalized spacial score (nSPS) is 13.6. The Balaban J connectivity index is 1.35. The van der Waals surface area contributed by atoms with Crippen molar-refractivity contribution in [2.75, 3.05) is 37.7 Å². The molecule has 1 fully saturated rings. The highest BCUT2D eigenvalue weighted by Gasteiger charge is 2.23. The van der Waals surface area contributed by atoms with Gasteiger partial charge in [-0.1, -0.05) is 31.5 Å². The molecule has 7 nitrogen and oxygen atoms in total. The third-order valence-electron chi connectivity index (χ3n) is 5.53. The van der Waals surface area contributed by atoms with Gasteiger partial charge in [0.15, 0.2) is 0 Å². The summed E-state index contributed by atoms with van der Waals surface area (Å²) in [5.74, 6) is 3.56. The van der Waals surface area contributed by atoms with Gasteiger partial charge < -0.3 is 19.3 Å². The lowest BCUT2D eigenvalue weighted by Crippen LogP contribution is -2.49. The second-order valence-corrected chi connectivity index (χ2v) is 8.03. The molecule has 1 aliphatic rings. The van der Waals surface area contributed by atoms with Crippen molar-refractivity contribution < 1.29 is 14.3 Å². The number of para-hydroxylation sites is 1. The van der Waals surface area contributed by atoms with E-state index in [9.17, 15) is 4.79 Å². The number of aryl methyl sites for hydroxylation is 1. The van der Waals surface area contributed by atoms with Crippen LogP contribution in [0.4, 0.5) is 5.82 Å². The SMILES string of the molecule is CCCCOc1ccc(C(=O)N2CCN(c3cc(Oc4ccccc4)nc(C)n3)CC2)cc1. The molecule has 1 saturated heterocycles. The fraction of sp³-hybridized carbons (Fsp3) is 0.346. The number of carbonyl (C=O) groups excluding carboxylic acids is 1. The maximum atomic E-state index is 12.9. The maximum Gasteiger partial charge on any atom is 0.253 e. The fourth-order valence-electron chi connectivity index (χ4n) is 3.70. The zero-order valence-electron chi connectivity index (χ0n) is 19.2. The van der Waals surface area contributed by atoms with Crippen LogP contribution in [0.15, 0.2) is 60.7 Å². The van der Waals surface area contributed by atoms with Gasteiger partial charge in [0.25, 0.3) is 5.91 Å². The molecule has 4 rings (SSSR count). The molecule has 0 bridgehead atoms. The molecule has 0 spiro atoms. The van der Waals surface area contributed by atoms with E-state index in [0.29, 0.717) is 50.1 Å². The monoisotopic (exact) mass is 446 g/mol. The van der Waals surface area contributed by atoms with Crippen molar-refractivity contribution in [2.24, 2.45) is 0 Å². The highest BCUT2D eigenvalue weighted by molar-refractivity contribution is 5.94. The zero-order valence-corrected chi connectivity index (χ0v) is 19.2. The second kappa shape index (κ2) is 10.8. The standard InChI is InChI=1S/C26H30N4O3/c1-3-4-18-32-22-12-10-21(11-13-22)26(31)30-16-14-29(15-17-30)24-19-25(28-20(2)27-24)33-23-8-6-5-7-9-23/h5-13,19H,3-4,14-18H2,1-2H3. The summed E-state index contributed by atoms with van der Waals surface area (Å²) in [6, 6.07) is 18.9. The number of amides is 1. The largest absolute Gasteiger partial charge is 0.494 e. The summed E-state index contributed by atoms with van der Waals surface area (Å²) in [5, 5.41) is 0. The molecule has 0 unspecified atom stereocenters. The van der Waals surface area contributed by atoms with Crippen molar-refractivity contribution in [2.45, 2.75) is 26.7 Å². The van der Waals surface area contributed by atoms with Crippen molar-refractivity contribution in [1.82, 2.24) is 14.9 Å². The minimum Gasteiger partial charge on any atom is -0.494 e. The Morgan fingerprint density at radius 3 is 2.36 bits per heavy atom. The van der Waals surface area contributed by atoms with E-state index in [1.165, 1.54) is 0 Å². The molecule has 0 radical (unpaired) electrons. The Labute approximate surface area is 195 Å². The average molecular weight is 447 g/mol. The van der Waals surface area contributed by atoms with Crippen molar-refractivity contribution in [3.05, 3.63) is 72.1 Å². The van der Waals surface area contributed by atoms with Crippen LogP contribution in [0.3, 0.4) is 0 Å². The molecule has 0 N–H and O–H groups in total. The lowest BCUT2D eigenvalue weighted by atomic mass is 10.1. The van der Waals surface area contributed by atoms with Gasteiger partial charge in [-0.3, -0.25) is 4.79 Å². The van der Waals surface area contributed by atoms with Crippen LogP contribution < -0.4 is 14.4 Å². The lowest BCUT2D eigenvalue weighted by molar-refractivity contribution is 0.0746. The van der Waals surface area contributed by atoms with Crippen LogP contribution in [-0.2, 0) is 0 Å². The van der Waals surface area contributed by atoms with Gasteiger partial charge in [0.2, 0.25) is 5.88 Å². The van der Waals surface area contributed by atoms with Gasteiger partial charge in [0, 0.05) is 37.8 Å². The van der Waals surface area contributed by atoms with E-state index in [1.807, 2.05) is 72.5 Å². The number of nitrogens with zero attached hydrogens (tertiary/aromatic N) is 4. The fourth-order valence-corrected chi connectivity index (χ4v) is 3.70. The number of benzene rings is 2. The first kappa shape index (κ1) is 22.6. The molecule has 1 aliphatic heterocycles. The molecule has 1 aromatic heterocycles. The van der Waals surface area contributed by atoms with Gasteiger partial charge >= 0.3 is 0 Å². The summed E-state index contributed by atoms with van der Waals surface area (Å²) >= 11 is 0. The summed E-state index contributed by atoms with van der Waals surface area (Å²) in [6.45, 7) is 7.35. The van der Waals surface area contributed by atoms with Gasteiger partial charge in [0.1, 0.15) is 23.1 Å². The third kappa shape index (κ3) is 6.00. The number of carbonyl (C=O) groups is 1. The van der Waals surface area contributed by atoms with E-state index in [-0.39, 0.29) is 5.91 Å². The average Bonchev–Trinajstić information content (AvgIpc) is 2.85. The summed E-state index contributed by atoms with van der Waals surface area (Å²) in [7, 11) is 0. The van der Waals surface area contributed by atoms with E-state index in [0.717, 1.165) is 30.2 Å². The minimum absolute atomic E-state index is 0.0433. The Kier molecular flexibility index (Phi) is 7.40. The predicted molar refractivity (Wildman–Crippen MR) is 128 cm³/mol. The van der Waals surface area contributed by atoms with Gasteiger partial charge in [-0.05, 0) is 49.7 Å².